The Labute approximate surface area is 140 Å². The quantitative estimate of drug-likeness (QED) is 0.240. The number of carboxylic acid groups (broad SMARTS) is 1. The fourth-order valence-electron chi connectivity index (χ4n) is 2.71. The Kier molecular flexibility index (Phi) is 12.9. The zero-order chi connectivity index (χ0) is 17.6. The van der Waals surface area contributed by atoms with Gasteiger partial charge in [0.25, 0.3) is 0 Å². The molecule has 1 unspecified atom stereocenters. The van der Waals surface area contributed by atoms with Gasteiger partial charge in [-0.3, -0.25) is 0 Å². The minimum atomic E-state index is -0.920. The summed E-state index contributed by atoms with van der Waals surface area (Å²) in [5, 5.41) is 27.8. The van der Waals surface area contributed by atoms with Gasteiger partial charge in [-0.05, 0) is 33.1 Å². The summed E-state index contributed by atoms with van der Waals surface area (Å²) in [7, 11) is 0. The van der Waals surface area contributed by atoms with E-state index in [1.807, 2.05) is 6.92 Å². The summed E-state index contributed by atoms with van der Waals surface area (Å²) < 4.78 is 5.77. The average molecular weight is 332 g/mol. The van der Waals surface area contributed by atoms with Gasteiger partial charge >= 0.3 is 5.97 Å². The molecule has 23 heavy (non-hydrogen) atoms. The number of unbranched alkanes of at least 4 members (excludes halogenated alkanes) is 3. The smallest absolute Gasteiger partial charge is 0.362 e. The molecule has 0 aliphatic heterocycles. The third-order valence-electron chi connectivity index (χ3n) is 4.35. The molecule has 0 fully saturated rings. The predicted molar refractivity (Wildman–Crippen MR) is 90.2 cm³/mol. The molecule has 6 heteroatoms. The lowest BCUT2D eigenvalue weighted by Crippen LogP contribution is -2.61. The highest BCUT2D eigenvalue weighted by molar-refractivity contribution is 5.71. The first kappa shape index (κ1) is 22.1. The van der Waals surface area contributed by atoms with Gasteiger partial charge < -0.3 is 24.5 Å². The molecule has 0 aromatic heterocycles. The summed E-state index contributed by atoms with van der Waals surface area (Å²) in [5.74, 6) is -0.920. The summed E-state index contributed by atoms with van der Waals surface area (Å²) in [6, 6.07) is -0.682. The van der Waals surface area contributed by atoms with Gasteiger partial charge in [-0.2, -0.15) is 0 Å². The van der Waals surface area contributed by atoms with E-state index in [2.05, 4.69) is 12.2 Å². The molecule has 0 spiro atoms. The fourth-order valence-corrected chi connectivity index (χ4v) is 2.71. The molecule has 1 atom stereocenters. The molecule has 0 saturated carbocycles. The van der Waals surface area contributed by atoms with Crippen LogP contribution in [0, 0.1) is 0 Å². The number of ether oxygens (including phenoxy) is 1. The summed E-state index contributed by atoms with van der Waals surface area (Å²) >= 11 is 0. The van der Waals surface area contributed by atoms with Crippen LogP contribution in [0.1, 0.15) is 39.5 Å². The molecule has 0 amide bonds. The number of carbonyl (C=O) groups is 1. The number of quaternary nitrogens is 1. The van der Waals surface area contributed by atoms with Crippen LogP contribution in [0.4, 0.5) is 0 Å². The fraction of sp³-hybridized carbons (Fsp3) is 0.824. The van der Waals surface area contributed by atoms with Gasteiger partial charge in [0.05, 0.1) is 19.8 Å². The lowest BCUT2D eigenvalue weighted by atomic mass is 10.2. The van der Waals surface area contributed by atoms with E-state index in [0.29, 0.717) is 32.8 Å². The second-order valence-electron chi connectivity index (χ2n) is 5.88. The standard InChI is InChI=1S/C17H33NO5/c1-3-4-5-6-7-8-14-23-15-11-18(9-12-19,10-13-20)16(2)17(21)22/h3-4,16,19-20H,5-15H2,1-2H3/p+1/b4-3+. The Morgan fingerprint density at radius 3 is 2.26 bits per heavy atom. The number of nitrogens with zero attached hydrogens (tertiary/aromatic N) is 1. The lowest BCUT2D eigenvalue weighted by molar-refractivity contribution is -0.942. The Hall–Kier alpha value is -0.950. The highest BCUT2D eigenvalue weighted by Gasteiger charge is 2.37. The zero-order valence-electron chi connectivity index (χ0n) is 14.6. The number of hydrogen-bond donors (Lipinski definition) is 3. The maximum atomic E-state index is 11.3. The van der Waals surface area contributed by atoms with Crippen molar-refractivity contribution < 1.29 is 29.3 Å². The van der Waals surface area contributed by atoms with Crippen molar-refractivity contribution in [2.24, 2.45) is 0 Å². The van der Waals surface area contributed by atoms with Gasteiger partial charge in [0.15, 0.2) is 6.04 Å². The number of allylic oxidation sites excluding steroid dienone is 2. The van der Waals surface area contributed by atoms with Crippen LogP contribution >= 0.6 is 0 Å². The third-order valence-corrected chi connectivity index (χ3v) is 4.35. The summed E-state index contributed by atoms with van der Waals surface area (Å²) in [5.41, 5.74) is 0. The first-order chi connectivity index (χ1) is 11.0. The Bertz CT molecular complexity index is 327. The van der Waals surface area contributed by atoms with Crippen LogP contribution < -0.4 is 0 Å². The van der Waals surface area contributed by atoms with Crippen molar-refractivity contribution in [2.75, 3.05) is 46.1 Å². The van der Waals surface area contributed by atoms with E-state index < -0.39 is 12.0 Å². The Morgan fingerprint density at radius 1 is 1.09 bits per heavy atom. The number of aliphatic hydroxyl groups excluding tert-OH is 2. The van der Waals surface area contributed by atoms with Crippen LogP contribution in [0.15, 0.2) is 12.2 Å². The molecule has 6 nitrogen and oxygen atoms in total. The molecule has 0 aliphatic carbocycles. The van der Waals surface area contributed by atoms with Gasteiger partial charge in [0, 0.05) is 6.61 Å². The van der Waals surface area contributed by atoms with E-state index in [0.717, 1.165) is 25.7 Å². The second kappa shape index (κ2) is 13.5. The molecule has 136 valence electrons. The van der Waals surface area contributed by atoms with E-state index in [4.69, 9.17) is 4.74 Å². The number of hydrogen-bond acceptors (Lipinski definition) is 4. The summed E-state index contributed by atoms with van der Waals surface area (Å²) in [6.07, 6.45) is 8.57. The minimum Gasteiger partial charge on any atom is -0.477 e. The maximum Gasteiger partial charge on any atom is 0.362 e. The molecule has 0 rings (SSSR count). The van der Waals surface area contributed by atoms with Crippen molar-refractivity contribution in [2.45, 2.75) is 45.6 Å². The molecule has 0 radical (unpaired) electrons. The van der Waals surface area contributed by atoms with E-state index in [-0.39, 0.29) is 17.7 Å². The number of aliphatic carboxylic acids is 1. The van der Waals surface area contributed by atoms with Crippen LogP contribution in [-0.4, -0.2) is 77.9 Å². The van der Waals surface area contributed by atoms with Crippen molar-refractivity contribution in [3.8, 4) is 0 Å². The molecule has 0 heterocycles. The van der Waals surface area contributed by atoms with Crippen molar-refractivity contribution in [3.63, 3.8) is 0 Å². The Balaban J connectivity index is 4.21. The minimum absolute atomic E-state index is 0.109. The van der Waals surface area contributed by atoms with E-state index in [1.54, 1.807) is 6.92 Å². The van der Waals surface area contributed by atoms with E-state index >= 15 is 0 Å². The Morgan fingerprint density at radius 2 is 1.74 bits per heavy atom. The topological polar surface area (TPSA) is 87.0 Å². The molecule has 0 aromatic carbocycles. The van der Waals surface area contributed by atoms with Gasteiger partial charge in [0.2, 0.25) is 0 Å². The van der Waals surface area contributed by atoms with Crippen molar-refractivity contribution >= 4 is 5.97 Å². The molecule has 0 aliphatic rings. The van der Waals surface area contributed by atoms with Crippen LogP contribution in [0.5, 0.6) is 0 Å². The first-order valence-electron chi connectivity index (χ1n) is 8.53. The second-order valence-corrected chi connectivity index (χ2v) is 5.88. The highest BCUT2D eigenvalue weighted by Crippen LogP contribution is 2.14. The largest absolute Gasteiger partial charge is 0.477 e. The normalized spacial score (nSPS) is 13.6. The SMILES string of the molecule is C/C=C/CCCCCOCC[N+](CCO)(CCO)C(C)C(=O)O. The molecule has 0 aromatic rings. The van der Waals surface area contributed by atoms with Gasteiger partial charge in [-0.1, -0.05) is 18.6 Å². The van der Waals surface area contributed by atoms with Gasteiger partial charge in [0.1, 0.15) is 19.6 Å². The van der Waals surface area contributed by atoms with Gasteiger partial charge in [-0.15, -0.1) is 0 Å². The van der Waals surface area contributed by atoms with Crippen molar-refractivity contribution in [1.29, 1.82) is 0 Å². The van der Waals surface area contributed by atoms with E-state index in [1.165, 1.54) is 0 Å². The van der Waals surface area contributed by atoms with Gasteiger partial charge in [-0.25, -0.2) is 4.79 Å². The van der Waals surface area contributed by atoms with Crippen LogP contribution in [0.25, 0.3) is 0 Å². The molecule has 0 bridgehead atoms. The molecule has 0 saturated heterocycles. The molecule has 3 N–H and O–H groups in total. The predicted octanol–water partition coefficient (Wildman–Crippen LogP) is 1.41. The van der Waals surface area contributed by atoms with Crippen LogP contribution in [-0.2, 0) is 9.53 Å². The average Bonchev–Trinajstić information content (AvgIpc) is 2.52. The van der Waals surface area contributed by atoms with E-state index in [9.17, 15) is 20.1 Å². The highest BCUT2D eigenvalue weighted by atomic mass is 16.5. The van der Waals surface area contributed by atoms with Crippen LogP contribution in [0.2, 0.25) is 0 Å². The van der Waals surface area contributed by atoms with Crippen LogP contribution in [0.3, 0.4) is 0 Å². The number of rotatable bonds is 15. The number of aliphatic hydroxyl groups is 2. The monoisotopic (exact) mass is 332 g/mol. The molecular formula is C17H34NO5+. The van der Waals surface area contributed by atoms with Crippen molar-refractivity contribution in [1.82, 2.24) is 0 Å². The maximum absolute atomic E-state index is 11.3. The summed E-state index contributed by atoms with van der Waals surface area (Å²) in [4.78, 5) is 11.3. The first-order valence-corrected chi connectivity index (χ1v) is 8.53. The van der Waals surface area contributed by atoms with Crippen molar-refractivity contribution in [3.05, 3.63) is 12.2 Å². The molecular weight excluding hydrogens is 298 g/mol. The summed E-state index contributed by atoms with van der Waals surface area (Å²) in [6.45, 7) is 5.61. The zero-order valence-corrected chi connectivity index (χ0v) is 14.6. The number of carboxylic acids is 1. The third kappa shape index (κ3) is 9.05. The lowest BCUT2D eigenvalue weighted by Gasteiger charge is -2.40.